The highest BCUT2D eigenvalue weighted by Crippen LogP contribution is 2.41. The first-order chi connectivity index (χ1) is 9.08. The van der Waals surface area contributed by atoms with E-state index < -0.39 is 4.92 Å². The van der Waals surface area contributed by atoms with Crippen LogP contribution in [-0.2, 0) is 0 Å². The highest BCUT2D eigenvalue weighted by Gasteiger charge is 2.53. The molecule has 2 aliphatic rings. The second-order valence-corrected chi connectivity index (χ2v) is 5.24. The second-order valence-electron chi connectivity index (χ2n) is 5.24. The fourth-order valence-electron chi connectivity index (χ4n) is 2.81. The van der Waals surface area contributed by atoms with Crippen LogP contribution in [0.2, 0.25) is 0 Å². The first-order valence-electron chi connectivity index (χ1n) is 6.34. The average molecular weight is 261 g/mol. The third-order valence-electron chi connectivity index (χ3n) is 4.06. The van der Waals surface area contributed by atoms with Crippen LogP contribution < -0.4 is 10.6 Å². The number of benzene rings is 1. The van der Waals surface area contributed by atoms with Crippen molar-refractivity contribution >= 4 is 11.6 Å². The van der Waals surface area contributed by atoms with Crippen LogP contribution in [0.5, 0.6) is 0 Å². The van der Waals surface area contributed by atoms with Gasteiger partial charge in [-0.15, -0.1) is 0 Å². The molecule has 100 valence electrons. The number of hydrogen-bond donors (Lipinski definition) is 2. The Morgan fingerprint density at radius 3 is 2.74 bits per heavy atom. The van der Waals surface area contributed by atoms with Crippen molar-refractivity contribution in [2.75, 3.05) is 13.1 Å². The topological polar surface area (TPSA) is 84.3 Å². The Morgan fingerprint density at radius 1 is 1.42 bits per heavy atom. The molecule has 0 aromatic heterocycles. The molecule has 1 aromatic carbocycles. The van der Waals surface area contributed by atoms with Crippen LogP contribution in [0.3, 0.4) is 0 Å². The lowest BCUT2D eigenvalue weighted by molar-refractivity contribution is -0.385. The van der Waals surface area contributed by atoms with E-state index in [4.69, 9.17) is 0 Å². The summed E-state index contributed by atoms with van der Waals surface area (Å²) in [6.45, 7) is 3.56. The highest BCUT2D eigenvalue weighted by molar-refractivity contribution is 5.95. The predicted octanol–water partition coefficient (Wildman–Crippen LogP) is 0.851. The van der Waals surface area contributed by atoms with Gasteiger partial charge in [0, 0.05) is 36.3 Å². The standard InChI is InChI=1S/C13H15N3O3/c1-7-2-3-8(4-11(7)16(18)19)13(17)15-12-9-5-14-6-10(9)12/h2-4,9-10,12,14H,5-6H2,1H3,(H,15,17). The third-order valence-corrected chi connectivity index (χ3v) is 4.06. The van der Waals surface area contributed by atoms with Crippen LogP contribution in [0.1, 0.15) is 15.9 Å². The number of piperidine rings is 1. The quantitative estimate of drug-likeness (QED) is 0.624. The summed E-state index contributed by atoms with van der Waals surface area (Å²) < 4.78 is 0. The molecule has 6 heteroatoms. The van der Waals surface area contributed by atoms with Gasteiger partial charge < -0.3 is 10.6 Å². The van der Waals surface area contributed by atoms with Gasteiger partial charge in [0.05, 0.1) is 4.92 Å². The van der Waals surface area contributed by atoms with Gasteiger partial charge in [-0.05, 0) is 24.8 Å². The number of hydrogen-bond acceptors (Lipinski definition) is 4. The van der Waals surface area contributed by atoms with E-state index >= 15 is 0 Å². The molecule has 0 spiro atoms. The number of fused-ring (bicyclic) bond motifs is 1. The van der Waals surface area contributed by atoms with Gasteiger partial charge in [0.2, 0.25) is 0 Å². The molecule has 1 aromatic rings. The summed E-state index contributed by atoms with van der Waals surface area (Å²) in [7, 11) is 0. The molecule has 1 amide bonds. The number of nitro benzene ring substituents is 1. The summed E-state index contributed by atoms with van der Waals surface area (Å²) in [6.07, 6.45) is 0. The van der Waals surface area contributed by atoms with Crippen LogP contribution in [0.25, 0.3) is 0 Å². The Hall–Kier alpha value is -1.95. The summed E-state index contributed by atoms with van der Waals surface area (Å²) in [5.74, 6) is 0.844. The van der Waals surface area contributed by atoms with Gasteiger partial charge in [0.15, 0.2) is 0 Å². The van der Waals surface area contributed by atoms with Crippen molar-refractivity contribution < 1.29 is 9.72 Å². The molecule has 1 heterocycles. The average Bonchev–Trinajstić information content (AvgIpc) is 2.83. The molecule has 3 rings (SSSR count). The first-order valence-corrected chi connectivity index (χ1v) is 6.34. The van der Waals surface area contributed by atoms with Gasteiger partial charge in [-0.2, -0.15) is 0 Å². The Labute approximate surface area is 110 Å². The Balaban J connectivity index is 1.73. The zero-order valence-electron chi connectivity index (χ0n) is 10.6. The Kier molecular flexibility index (Phi) is 2.74. The van der Waals surface area contributed by atoms with Crippen molar-refractivity contribution in [2.45, 2.75) is 13.0 Å². The van der Waals surface area contributed by atoms with Crippen molar-refractivity contribution in [1.82, 2.24) is 10.6 Å². The van der Waals surface area contributed by atoms with Gasteiger partial charge in [-0.1, -0.05) is 6.07 Å². The van der Waals surface area contributed by atoms with Crippen molar-refractivity contribution in [3.8, 4) is 0 Å². The lowest BCUT2D eigenvalue weighted by Crippen LogP contribution is -2.32. The van der Waals surface area contributed by atoms with Gasteiger partial charge in [-0.3, -0.25) is 14.9 Å². The Morgan fingerprint density at radius 2 is 2.11 bits per heavy atom. The van der Waals surface area contributed by atoms with Crippen LogP contribution in [-0.4, -0.2) is 30.0 Å². The predicted molar refractivity (Wildman–Crippen MR) is 68.9 cm³/mol. The van der Waals surface area contributed by atoms with Crippen LogP contribution in [0, 0.1) is 28.9 Å². The molecule has 6 nitrogen and oxygen atoms in total. The van der Waals surface area contributed by atoms with Crippen molar-refractivity contribution in [3.63, 3.8) is 0 Å². The molecular weight excluding hydrogens is 246 g/mol. The number of rotatable bonds is 3. The van der Waals surface area contributed by atoms with E-state index in [-0.39, 0.29) is 17.6 Å². The summed E-state index contributed by atoms with van der Waals surface area (Å²) in [4.78, 5) is 22.5. The Bertz CT molecular complexity index is 548. The molecule has 0 bridgehead atoms. The van der Waals surface area contributed by atoms with E-state index in [9.17, 15) is 14.9 Å². The molecule has 1 saturated heterocycles. The maximum Gasteiger partial charge on any atom is 0.273 e. The van der Waals surface area contributed by atoms with E-state index in [1.54, 1.807) is 19.1 Å². The molecule has 1 aliphatic carbocycles. The van der Waals surface area contributed by atoms with E-state index in [0.29, 0.717) is 23.0 Å². The third kappa shape index (κ3) is 2.08. The zero-order valence-corrected chi connectivity index (χ0v) is 10.6. The number of nitro groups is 1. The fourth-order valence-corrected chi connectivity index (χ4v) is 2.81. The highest BCUT2D eigenvalue weighted by atomic mass is 16.6. The van der Waals surface area contributed by atoms with Crippen LogP contribution in [0.4, 0.5) is 5.69 Å². The van der Waals surface area contributed by atoms with E-state index in [1.165, 1.54) is 6.07 Å². The van der Waals surface area contributed by atoms with Gasteiger partial charge in [0.1, 0.15) is 0 Å². The second kappa shape index (κ2) is 4.31. The first kappa shape index (κ1) is 12.1. The lowest BCUT2D eigenvalue weighted by atomic mass is 10.1. The fraction of sp³-hybridized carbons (Fsp3) is 0.462. The number of carbonyl (C=O) groups is 1. The van der Waals surface area contributed by atoms with Gasteiger partial charge in [0.25, 0.3) is 11.6 Å². The minimum Gasteiger partial charge on any atom is -0.349 e. The minimum atomic E-state index is -0.456. The number of amides is 1. The summed E-state index contributed by atoms with van der Waals surface area (Å²) >= 11 is 0. The zero-order chi connectivity index (χ0) is 13.6. The molecule has 0 radical (unpaired) electrons. The van der Waals surface area contributed by atoms with E-state index in [2.05, 4.69) is 10.6 Å². The minimum absolute atomic E-state index is 0.00897. The van der Waals surface area contributed by atoms with E-state index in [0.717, 1.165) is 13.1 Å². The summed E-state index contributed by atoms with van der Waals surface area (Å²) in [5.41, 5.74) is 0.912. The smallest absolute Gasteiger partial charge is 0.273 e. The summed E-state index contributed by atoms with van der Waals surface area (Å²) in [5, 5.41) is 17.1. The van der Waals surface area contributed by atoms with Gasteiger partial charge in [-0.25, -0.2) is 0 Å². The van der Waals surface area contributed by atoms with Crippen LogP contribution >= 0.6 is 0 Å². The maximum atomic E-state index is 12.1. The van der Waals surface area contributed by atoms with E-state index in [1.807, 2.05) is 0 Å². The molecule has 19 heavy (non-hydrogen) atoms. The van der Waals surface area contributed by atoms with Crippen molar-refractivity contribution in [1.29, 1.82) is 0 Å². The van der Waals surface area contributed by atoms with Crippen molar-refractivity contribution in [3.05, 3.63) is 39.4 Å². The molecule has 2 N–H and O–H groups in total. The number of nitrogens with one attached hydrogen (secondary N) is 2. The van der Waals surface area contributed by atoms with Gasteiger partial charge >= 0.3 is 0 Å². The van der Waals surface area contributed by atoms with Crippen molar-refractivity contribution in [2.24, 2.45) is 11.8 Å². The molecule has 2 unspecified atom stereocenters. The number of aryl methyl sites for hydroxylation is 1. The number of carbonyl (C=O) groups excluding carboxylic acids is 1. The monoisotopic (exact) mass is 261 g/mol. The SMILES string of the molecule is Cc1ccc(C(=O)NC2C3CNCC32)cc1[N+](=O)[O-]. The number of nitrogens with zero attached hydrogens (tertiary/aromatic N) is 1. The normalized spacial score (nSPS) is 27.7. The molecule has 1 saturated carbocycles. The largest absolute Gasteiger partial charge is 0.349 e. The maximum absolute atomic E-state index is 12.1. The van der Waals surface area contributed by atoms with Crippen LogP contribution in [0.15, 0.2) is 18.2 Å². The molecule has 2 atom stereocenters. The lowest BCUT2D eigenvalue weighted by Gasteiger charge is -2.08. The summed E-state index contributed by atoms with van der Waals surface area (Å²) in [6, 6.07) is 4.83. The molecular formula is C13H15N3O3. The molecule has 2 fully saturated rings. The molecule has 1 aliphatic heterocycles.